The SMILES string of the molecule is N#Cc1c(NC(=O)C(=O)Nc2sc3c(c2C#N)CCCCC3)sc2c1CCCCC2. The van der Waals surface area contributed by atoms with E-state index in [0.717, 1.165) is 85.1 Å². The Hall–Kier alpha value is -2.68. The Bertz CT molecular complexity index is 998. The summed E-state index contributed by atoms with van der Waals surface area (Å²) in [5.41, 5.74) is 3.01. The molecule has 8 heteroatoms. The number of rotatable bonds is 2. The van der Waals surface area contributed by atoms with Gasteiger partial charge < -0.3 is 10.6 Å². The Morgan fingerprint density at radius 1 is 0.667 bits per heavy atom. The van der Waals surface area contributed by atoms with Gasteiger partial charge in [-0.15, -0.1) is 22.7 Å². The van der Waals surface area contributed by atoms with E-state index >= 15 is 0 Å². The normalized spacial score (nSPS) is 15.5. The third-order valence-electron chi connectivity index (χ3n) is 5.73. The quantitative estimate of drug-likeness (QED) is 0.525. The summed E-state index contributed by atoms with van der Waals surface area (Å²) in [6, 6.07) is 4.41. The summed E-state index contributed by atoms with van der Waals surface area (Å²) in [5, 5.41) is 25.4. The highest BCUT2D eigenvalue weighted by atomic mass is 32.1. The largest absolute Gasteiger partial charge is 0.314 e. The van der Waals surface area contributed by atoms with Gasteiger partial charge in [0.05, 0.1) is 11.1 Å². The van der Waals surface area contributed by atoms with E-state index in [2.05, 4.69) is 22.8 Å². The van der Waals surface area contributed by atoms with Crippen molar-refractivity contribution in [2.45, 2.75) is 64.2 Å². The number of hydrogen-bond donors (Lipinski definition) is 2. The Kier molecular flexibility index (Phi) is 6.17. The van der Waals surface area contributed by atoms with Crippen molar-refractivity contribution in [2.75, 3.05) is 10.6 Å². The number of aryl methyl sites for hydroxylation is 2. The zero-order valence-electron chi connectivity index (χ0n) is 16.6. The van der Waals surface area contributed by atoms with Gasteiger partial charge in [0.1, 0.15) is 22.1 Å². The van der Waals surface area contributed by atoms with Crippen molar-refractivity contribution >= 4 is 44.5 Å². The van der Waals surface area contributed by atoms with Gasteiger partial charge in [0.2, 0.25) is 0 Å². The Labute approximate surface area is 183 Å². The number of nitrogens with one attached hydrogen (secondary N) is 2. The van der Waals surface area contributed by atoms with Crippen molar-refractivity contribution in [3.05, 3.63) is 32.0 Å². The van der Waals surface area contributed by atoms with E-state index in [1.54, 1.807) is 0 Å². The number of carbonyl (C=O) groups excluding carboxylic acids is 2. The molecule has 0 unspecified atom stereocenters. The molecule has 2 aliphatic carbocycles. The maximum atomic E-state index is 12.6. The summed E-state index contributed by atoms with van der Waals surface area (Å²) in [5.74, 6) is -1.62. The second kappa shape index (κ2) is 8.99. The topological polar surface area (TPSA) is 106 Å². The van der Waals surface area contributed by atoms with Crippen LogP contribution < -0.4 is 10.6 Å². The number of anilines is 2. The number of carbonyl (C=O) groups is 2. The molecule has 0 spiro atoms. The van der Waals surface area contributed by atoms with Crippen LogP contribution >= 0.6 is 22.7 Å². The molecule has 154 valence electrons. The van der Waals surface area contributed by atoms with Gasteiger partial charge in [0.25, 0.3) is 0 Å². The summed E-state index contributed by atoms with van der Waals surface area (Å²) in [4.78, 5) is 27.4. The van der Waals surface area contributed by atoms with Crippen LogP contribution in [0.5, 0.6) is 0 Å². The fourth-order valence-electron chi connectivity index (χ4n) is 4.22. The molecule has 0 saturated heterocycles. The average Bonchev–Trinajstić information content (AvgIpc) is 3.00. The Morgan fingerprint density at radius 2 is 1.07 bits per heavy atom. The van der Waals surface area contributed by atoms with Gasteiger partial charge in [-0.1, -0.05) is 12.8 Å². The molecule has 6 nitrogen and oxygen atoms in total. The molecule has 0 radical (unpaired) electrons. The van der Waals surface area contributed by atoms with E-state index in [-0.39, 0.29) is 0 Å². The van der Waals surface area contributed by atoms with Crippen LogP contribution in [-0.4, -0.2) is 11.8 Å². The monoisotopic (exact) mass is 438 g/mol. The van der Waals surface area contributed by atoms with Crippen LogP contribution in [0.3, 0.4) is 0 Å². The molecule has 0 bridgehead atoms. The van der Waals surface area contributed by atoms with Crippen LogP contribution in [0.2, 0.25) is 0 Å². The van der Waals surface area contributed by atoms with Crippen molar-refractivity contribution in [2.24, 2.45) is 0 Å². The summed E-state index contributed by atoms with van der Waals surface area (Å²) in [6.07, 6.45) is 9.99. The zero-order valence-corrected chi connectivity index (χ0v) is 18.2. The molecule has 2 aromatic rings. The lowest BCUT2D eigenvalue weighted by Gasteiger charge is -2.05. The Balaban J connectivity index is 1.51. The molecular formula is C22H22N4O2S2. The molecule has 2 N–H and O–H groups in total. The van der Waals surface area contributed by atoms with Crippen LogP contribution in [0.15, 0.2) is 0 Å². The number of amides is 2. The first-order valence-corrected chi connectivity index (χ1v) is 12.0. The minimum atomic E-state index is -0.810. The fourth-order valence-corrected chi connectivity index (χ4v) is 6.69. The van der Waals surface area contributed by atoms with Crippen molar-refractivity contribution in [1.82, 2.24) is 0 Å². The predicted octanol–water partition coefficient (Wildman–Crippen LogP) is 4.67. The second-order valence-electron chi connectivity index (χ2n) is 7.67. The maximum absolute atomic E-state index is 12.6. The lowest BCUT2D eigenvalue weighted by Crippen LogP contribution is -2.29. The van der Waals surface area contributed by atoms with Gasteiger partial charge in [-0.25, -0.2) is 0 Å². The standard InChI is InChI=1S/C22H22N4O2S2/c23-11-15-13-7-3-1-5-9-17(13)29-21(15)25-19(27)20(28)26-22-16(12-24)14-8-4-2-6-10-18(14)30-22/h1-10H2,(H,25,27)(H,26,28). The smallest absolute Gasteiger partial charge is 0.308 e. The molecule has 2 aromatic heterocycles. The minimum absolute atomic E-state index is 0.451. The van der Waals surface area contributed by atoms with E-state index in [9.17, 15) is 20.1 Å². The molecule has 2 aliphatic rings. The van der Waals surface area contributed by atoms with Gasteiger partial charge in [0, 0.05) is 9.75 Å². The van der Waals surface area contributed by atoms with E-state index < -0.39 is 11.8 Å². The molecule has 4 rings (SSSR count). The van der Waals surface area contributed by atoms with Crippen LogP contribution in [0.25, 0.3) is 0 Å². The Morgan fingerprint density at radius 3 is 1.47 bits per heavy atom. The first-order valence-electron chi connectivity index (χ1n) is 10.3. The zero-order chi connectivity index (χ0) is 21.1. The van der Waals surface area contributed by atoms with Crippen molar-refractivity contribution in [1.29, 1.82) is 10.5 Å². The lowest BCUT2D eigenvalue weighted by atomic mass is 10.1. The number of hydrogen-bond acceptors (Lipinski definition) is 6. The van der Waals surface area contributed by atoms with Gasteiger partial charge in [-0.3, -0.25) is 9.59 Å². The van der Waals surface area contributed by atoms with E-state index in [4.69, 9.17) is 0 Å². The molecule has 2 heterocycles. The number of nitrogens with zero attached hydrogens (tertiary/aromatic N) is 2. The lowest BCUT2D eigenvalue weighted by molar-refractivity contribution is -0.132. The third kappa shape index (κ3) is 3.98. The highest BCUT2D eigenvalue weighted by molar-refractivity contribution is 7.17. The number of thiophene rings is 2. The highest BCUT2D eigenvalue weighted by Crippen LogP contribution is 2.38. The number of nitriles is 2. The molecule has 0 saturated carbocycles. The van der Waals surface area contributed by atoms with Crippen molar-refractivity contribution in [3.63, 3.8) is 0 Å². The first-order chi connectivity index (χ1) is 14.6. The van der Waals surface area contributed by atoms with Crippen molar-refractivity contribution < 1.29 is 9.59 Å². The molecule has 30 heavy (non-hydrogen) atoms. The van der Waals surface area contributed by atoms with Crippen LogP contribution in [0.1, 0.15) is 70.5 Å². The van der Waals surface area contributed by atoms with E-state index in [1.807, 2.05) is 0 Å². The fraction of sp³-hybridized carbons (Fsp3) is 0.455. The predicted molar refractivity (Wildman–Crippen MR) is 118 cm³/mol. The first kappa shape index (κ1) is 20.6. The average molecular weight is 439 g/mol. The summed E-state index contributed by atoms with van der Waals surface area (Å²) in [7, 11) is 0. The maximum Gasteiger partial charge on any atom is 0.314 e. The van der Waals surface area contributed by atoms with Crippen molar-refractivity contribution in [3.8, 4) is 12.1 Å². The van der Waals surface area contributed by atoms with Crippen LogP contribution in [0.4, 0.5) is 10.0 Å². The van der Waals surface area contributed by atoms with Crippen LogP contribution in [-0.2, 0) is 35.3 Å². The van der Waals surface area contributed by atoms with E-state index in [1.165, 1.54) is 22.7 Å². The molecular weight excluding hydrogens is 416 g/mol. The highest BCUT2D eigenvalue weighted by Gasteiger charge is 2.26. The molecule has 0 aliphatic heterocycles. The summed E-state index contributed by atoms with van der Waals surface area (Å²) < 4.78 is 0. The molecule has 0 fully saturated rings. The van der Waals surface area contributed by atoms with Gasteiger partial charge in [-0.2, -0.15) is 10.5 Å². The van der Waals surface area contributed by atoms with Gasteiger partial charge in [-0.05, 0) is 62.5 Å². The summed E-state index contributed by atoms with van der Waals surface area (Å²) in [6.45, 7) is 0. The molecule has 2 amide bonds. The third-order valence-corrected chi connectivity index (χ3v) is 8.14. The molecule has 0 aromatic carbocycles. The minimum Gasteiger partial charge on any atom is -0.308 e. The van der Waals surface area contributed by atoms with Crippen LogP contribution in [0, 0.1) is 22.7 Å². The second-order valence-corrected chi connectivity index (χ2v) is 9.88. The van der Waals surface area contributed by atoms with E-state index in [0.29, 0.717) is 21.1 Å². The summed E-state index contributed by atoms with van der Waals surface area (Å²) >= 11 is 2.80. The number of fused-ring (bicyclic) bond motifs is 2. The molecule has 0 atom stereocenters. The van der Waals surface area contributed by atoms with Gasteiger partial charge >= 0.3 is 11.8 Å². The van der Waals surface area contributed by atoms with Gasteiger partial charge in [0.15, 0.2) is 0 Å².